The van der Waals surface area contributed by atoms with Gasteiger partial charge in [-0.1, -0.05) is 22.9 Å². The zero-order valence-electron chi connectivity index (χ0n) is 8.63. The number of nitrogens with one attached hydrogen (secondary N) is 1. The van der Waals surface area contributed by atoms with Crippen LogP contribution < -0.4 is 5.32 Å². The summed E-state index contributed by atoms with van der Waals surface area (Å²) < 4.78 is 14.1. The highest BCUT2D eigenvalue weighted by atomic mass is 79.9. The van der Waals surface area contributed by atoms with Gasteiger partial charge < -0.3 is 10.4 Å². The fourth-order valence-corrected chi connectivity index (χ4v) is 1.75. The Morgan fingerprint density at radius 1 is 1.53 bits per heavy atom. The molecular weight excluding hydrogens is 261 g/mol. The van der Waals surface area contributed by atoms with Crippen LogP contribution in [0.4, 0.5) is 4.39 Å². The van der Waals surface area contributed by atoms with Gasteiger partial charge in [-0.3, -0.25) is 0 Å². The number of aliphatic hydroxyl groups is 1. The second kappa shape index (κ2) is 6.20. The fourth-order valence-electron chi connectivity index (χ4n) is 1.34. The molecule has 84 valence electrons. The first kappa shape index (κ1) is 12.6. The Labute approximate surface area is 97.6 Å². The van der Waals surface area contributed by atoms with Crippen molar-refractivity contribution in [1.82, 2.24) is 5.32 Å². The van der Waals surface area contributed by atoms with E-state index in [2.05, 4.69) is 21.2 Å². The summed E-state index contributed by atoms with van der Waals surface area (Å²) in [5.74, 6) is -0.270. The third-order valence-corrected chi connectivity index (χ3v) is 2.59. The molecule has 0 aliphatic rings. The molecule has 15 heavy (non-hydrogen) atoms. The van der Waals surface area contributed by atoms with Gasteiger partial charge in [0.2, 0.25) is 0 Å². The minimum Gasteiger partial charge on any atom is -0.391 e. The van der Waals surface area contributed by atoms with E-state index >= 15 is 0 Å². The molecule has 1 rings (SSSR count). The Morgan fingerprint density at radius 3 is 2.93 bits per heavy atom. The molecule has 1 aromatic carbocycles. The van der Waals surface area contributed by atoms with E-state index in [4.69, 9.17) is 0 Å². The molecule has 0 bridgehead atoms. The van der Waals surface area contributed by atoms with Crippen LogP contribution in [0, 0.1) is 5.82 Å². The van der Waals surface area contributed by atoms with Crippen LogP contribution in [0.1, 0.15) is 12.5 Å². The van der Waals surface area contributed by atoms with Crippen molar-refractivity contribution in [2.75, 3.05) is 13.1 Å². The standard InChI is InChI=1S/C11H15BrFNO/c1-2-14-7-10(15)6-8-5-9(12)3-4-11(8)13/h3-5,10,14-15H,2,6-7H2,1H3. The van der Waals surface area contributed by atoms with Gasteiger partial charge >= 0.3 is 0 Å². The predicted octanol–water partition coefficient (Wildman–Crippen LogP) is 2.10. The van der Waals surface area contributed by atoms with E-state index in [1.165, 1.54) is 6.07 Å². The van der Waals surface area contributed by atoms with E-state index in [-0.39, 0.29) is 5.82 Å². The highest BCUT2D eigenvalue weighted by molar-refractivity contribution is 9.10. The molecule has 0 spiro atoms. The smallest absolute Gasteiger partial charge is 0.126 e. The van der Waals surface area contributed by atoms with E-state index in [1.807, 2.05) is 6.92 Å². The molecule has 0 aliphatic carbocycles. The van der Waals surface area contributed by atoms with Crippen LogP contribution in [0.25, 0.3) is 0 Å². The number of halogens is 2. The van der Waals surface area contributed by atoms with Crippen molar-refractivity contribution in [1.29, 1.82) is 0 Å². The zero-order valence-corrected chi connectivity index (χ0v) is 10.2. The van der Waals surface area contributed by atoms with Crippen molar-refractivity contribution in [3.8, 4) is 0 Å². The topological polar surface area (TPSA) is 32.3 Å². The van der Waals surface area contributed by atoms with Gasteiger partial charge in [0, 0.05) is 17.4 Å². The Kier molecular flexibility index (Phi) is 5.22. The van der Waals surface area contributed by atoms with Crippen LogP contribution in [-0.4, -0.2) is 24.3 Å². The first-order valence-corrected chi connectivity index (χ1v) is 5.75. The molecule has 1 aromatic rings. The monoisotopic (exact) mass is 275 g/mol. The molecule has 2 nitrogen and oxygen atoms in total. The van der Waals surface area contributed by atoms with Crippen molar-refractivity contribution in [3.63, 3.8) is 0 Å². The Bertz CT molecular complexity index is 319. The number of aliphatic hydroxyl groups excluding tert-OH is 1. The van der Waals surface area contributed by atoms with Crippen LogP contribution in [0.15, 0.2) is 22.7 Å². The summed E-state index contributed by atoms with van der Waals surface area (Å²) >= 11 is 3.27. The molecular formula is C11H15BrFNO. The lowest BCUT2D eigenvalue weighted by molar-refractivity contribution is 0.171. The largest absolute Gasteiger partial charge is 0.391 e. The molecule has 2 N–H and O–H groups in total. The maximum absolute atomic E-state index is 13.3. The van der Waals surface area contributed by atoms with Crippen molar-refractivity contribution in [3.05, 3.63) is 34.1 Å². The molecule has 0 amide bonds. The minimum atomic E-state index is -0.547. The van der Waals surface area contributed by atoms with Gasteiger partial charge in [-0.05, 0) is 30.3 Å². The summed E-state index contributed by atoms with van der Waals surface area (Å²) in [5.41, 5.74) is 0.537. The Balaban J connectivity index is 2.59. The lowest BCUT2D eigenvalue weighted by Gasteiger charge is -2.11. The number of benzene rings is 1. The molecule has 1 unspecified atom stereocenters. The molecule has 4 heteroatoms. The average molecular weight is 276 g/mol. The lowest BCUT2D eigenvalue weighted by atomic mass is 10.1. The number of hydrogen-bond donors (Lipinski definition) is 2. The zero-order chi connectivity index (χ0) is 11.3. The van der Waals surface area contributed by atoms with Crippen LogP contribution in [0.2, 0.25) is 0 Å². The van der Waals surface area contributed by atoms with E-state index in [9.17, 15) is 9.50 Å². The molecule has 0 saturated carbocycles. The molecule has 0 heterocycles. The number of likely N-dealkylation sites (N-methyl/N-ethyl adjacent to an activating group) is 1. The molecule has 0 saturated heterocycles. The molecule has 0 fully saturated rings. The van der Waals surface area contributed by atoms with Gasteiger partial charge in [0.25, 0.3) is 0 Å². The molecule has 0 radical (unpaired) electrons. The van der Waals surface area contributed by atoms with Crippen LogP contribution in [-0.2, 0) is 6.42 Å². The number of rotatable bonds is 5. The third-order valence-electron chi connectivity index (χ3n) is 2.09. The summed E-state index contributed by atoms with van der Waals surface area (Å²) in [6, 6.07) is 4.75. The lowest BCUT2D eigenvalue weighted by Crippen LogP contribution is -2.28. The molecule has 1 atom stereocenters. The predicted molar refractivity (Wildman–Crippen MR) is 62.4 cm³/mol. The average Bonchev–Trinajstić information content (AvgIpc) is 2.20. The summed E-state index contributed by atoms with van der Waals surface area (Å²) in [4.78, 5) is 0. The van der Waals surface area contributed by atoms with Crippen molar-refractivity contribution in [2.24, 2.45) is 0 Å². The quantitative estimate of drug-likeness (QED) is 0.863. The van der Waals surface area contributed by atoms with Gasteiger partial charge in [0.05, 0.1) is 6.10 Å². The van der Waals surface area contributed by atoms with Gasteiger partial charge in [0.1, 0.15) is 5.82 Å². The van der Waals surface area contributed by atoms with Gasteiger partial charge in [-0.15, -0.1) is 0 Å². The van der Waals surface area contributed by atoms with Crippen LogP contribution in [0.3, 0.4) is 0 Å². The highest BCUT2D eigenvalue weighted by Crippen LogP contribution is 2.16. The molecule has 0 aliphatic heterocycles. The SMILES string of the molecule is CCNCC(O)Cc1cc(Br)ccc1F. The summed E-state index contributed by atoms with van der Waals surface area (Å²) in [7, 11) is 0. The van der Waals surface area contributed by atoms with Crippen molar-refractivity contribution >= 4 is 15.9 Å². The Morgan fingerprint density at radius 2 is 2.27 bits per heavy atom. The maximum atomic E-state index is 13.3. The van der Waals surface area contributed by atoms with Gasteiger partial charge in [0.15, 0.2) is 0 Å². The first-order valence-electron chi connectivity index (χ1n) is 4.96. The van der Waals surface area contributed by atoms with E-state index < -0.39 is 6.10 Å². The molecule has 0 aromatic heterocycles. The third kappa shape index (κ3) is 4.28. The van der Waals surface area contributed by atoms with Gasteiger partial charge in [-0.2, -0.15) is 0 Å². The van der Waals surface area contributed by atoms with Gasteiger partial charge in [-0.25, -0.2) is 4.39 Å². The Hall–Kier alpha value is -0.450. The van der Waals surface area contributed by atoms with E-state index in [0.717, 1.165) is 11.0 Å². The highest BCUT2D eigenvalue weighted by Gasteiger charge is 2.09. The second-order valence-corrected chi connectivity index (χ2v) is 4.32. The summed E-state index contributed by atoms with van der Waals surface area (Å²) in [6.07, 6.45) is -0.216. The number of hydrogen-bond acceptors (Lipinski definition) is 2. The second-order valence-electron chi connectivity index (χ2n) is 3.40. The van der Waals surface area contributed by atoms with Crippen molar-refractivity contribution < 1.29 is 9.50 Å². The minimum absolute atomic E-state index is 0.270. The van der Waals surface area contributed by atoms with Crippen LogP contribution >= 0.6 is 15.9 Å². The maximum Gasteiger partial charge on any atom is 0.126 e. The fraction of sp³-hybridized carbons (Fsp3) is 0.455. The summed E-state index contributed by atoms with van der Waals surface area (Å²) in [6.45, 7) is 3.26. The van der Waals surface area contributed by atoms with Crippen molar-refractivity contribution in [2.45, 2.75) is 19.4 Å². The first-order chi connectivity index (χ1) is 7.13. The van der Waals surface area contributed by atoms with E-state index in [1.54, 1.807) is 12.1 Å². The summed E-state index contributed by atoms with van der Waals surface area (Å²) in [5, 5.41) is 12.6. The van der Waals surface area contributed by atoms with Crippen LogP contribution in [0.5, 0.6) is 0 Å². The van der Waals surface area contributed by atoms with E-state index in [0.29, 0.717) is 18.5 Å². The normalized spacial score (nSPS) is 12.8.